The third kappa shape index (κ3) is 3.04. The van der Waals surface area contributed by atoms with E-state index in [4.69, 9.17) is 9.15 Å². The predicted molar refractivity (Wildman–Crippen MR) is 62.5 cm³/mol. The van der Waals surface area contributed by atoms with Crippen molar-refractivity contribution < 1.29 is 13.5 Å². The molecule has 2 rings (SSSR count). The average Bonchev–Trinajstić information content (AvgIpc) is 2.74. The van der Waals surface area contributed by atoms with Gasteiger partial charge in [-0.15, -0.1) is 10.2 Å². The van der Waals surface area contributed by atoms with Gasteiger partial charge in [0.25, 0.3) is 5.89 Å². The molecule has 1 aromatic carbocycles. The molecule has 1 heterocycles. The highest BCUT2D eigenvalue weighted by Crippen LogP contribution is 2.19. The molecule has 18 heavy (non-hydrogen) atoms. The molecule has 0 unspecified atom stereocenters. The van der Waals surface area contributed by atoms with E-state index < -0.39 is 5.82 Å². The van der Waals surface area contributed by atoms with Crippen molar-refractivity contribution in [1.29, 1.82) is 0 Å². The second-order valence-electron chi connectivity index (χ2n) is 3.80. The van der Waals surface area contributed by atoms with Crippen LogP contribution in [0.15, 0.2) is 22.6 Å². The number of rotatable bonds is 5. The van der Waals surface area contributed by atoms with Crippen LogP contribution in [-0.2, 0) is 13.2 Å². The zero-order chi connectivity index (χ0) is 13.0. The van der Waals surface area contributed by atoms with Gasteiger partial charge in [-0.1, -0.05) is 6.07 Å². The average molecular weight is 251 g/mol. The van der Waals surface area contributed by atoms with Crippen LogP contribution >= 0.6 is 0 Å². The highest BCUT2D eigenvalue weighted by molar-refractivity contribution is 5.29. The Morgan fingerprint density at radius 1 is 1.39 bits per heavy atom. The lowest BCUT2D eigenvalue weighted by atomic mass is 10.2. The number of hydrogen-bond donors (Lipinski definition) is 1. The van der Waals surface area contributed by atoms with Crippen molar-refractivity contribution in [2.75, 3.05) is 7.05 Å². The largest absolute Gasteiger partial charge is 0.481 e. The number of nitrogens with zero attached hydrogens (tertiary/aromatic N) is 2. The monoisotopic (exact) mass is 251 g/mol. The molecular formula is C12H14FN3O2. The summed E-state index contributed by atoms with van der Waals surface area (Å²) < 4.78 is 24.1. The maximum atomic E-state index is 13.7. The van der Waals surface area contributed by atoms with Crippen molar-refractivity contribution in [3.05, 3.63) is 41.4 Å². The number of nitrogens with one attached hydrogen (secondary N) is 1. The summed E-state index contributed by atoms with van der Waals surface area (Å²) in [6.45, 7) is 2.35. The number of hydrogen-bond acceptors (Lipinski definition) is 5. The predicted octanol–water partition coefficient (Wildman–Crippen LogP) is 1.82. The van der Waals surface area contributed by atoms with Gasteiger partial charge >= 0.3 is 0 Å². The second-order valence-corrected chi connectivity index (χ2v) is 3.80. The van der Waals surface area contributed by atoms with Gasteiger partial charge in [0.1, 0.15) is 0 Å². The molecule has 1 aromatic heterocycles. The number of aryl methyl sites for hydroxylation is 1. The highest BCUT2D eigenvalue weighted by Gasteiger charge is 2.07. The van der Waals surface area contributed by atoms with Gasteiger partial charge in [-0.25, -0.2) is 4.39 Å². The molecule has 0 saturated carbocycles. The van der Waals surface area contributed by atoms with Crippen LogP contribution in [0.4, 0.5) is 4.39 Å². The summed E-state index contributed by atoms with van der Waals surface area (Å²) in [5.74, 6) is 0.550. The Balaban J connectivity index is 2.01. The molecule has 1 N–H and O–H groups in total. The van der Waals surface area contributed by atoms with Crippen molar-refractivity contribution in [3.8, 4) is 5.75 Å². The molecule has 0 aliphatic rings. The van der Waals surface area contributed by atoms with Gasteiger partial charge < -0.3 is 14.5 Å². The van der Waals surface area contributed by atoms with Gasteiger partial charge in [0.2, 0.25) is 5.89 Å². The molecular weight excluding hydrogens is 237 g/mol. The van der Waals surface area contributed by atoms with Gasteiger partial charge in [-0.3, -0.25) is 0 Å². The Kier molecular flexibility index (Phi) is 3.88. The minimum atomic E-state index is -0.404. The Labute approximate surface area is 104 Å². The van der Waals surface area contributed by atoms with Crippen LogP contribution in [0.5, 0.6) is 5.75 Å². The molecule has 0 fully saturated rings. The molecule has 2 aromatic rings. The van der Waals surface area contributed by atoms with Gasteiger partial charge in [0.05, 0.1) is 0 Å². The molecule has 0 radical (unpaired) electrons. The Hall–Kier alpha value is -1.95. The molecule has 0 amide bonds. The maximum Gasteiger partial charge on any atom is 0.253 e. The van der Waals surface area contributed by atoms with Crippen molar-refractivity contribution >= 4 is 0 Å². The molecule has 0 saturated heterocycles. The summed E-state index contributed by atoms with van der Waals surface area (Å²) in [4.78, 5) is 0. The topological polar surface area (TPSA) is 60.2 Å². The first-order valence-electron chi connectivity index (χ1n) is 5.54. The smallest absolute Gasteiger partial charge is 0.253 e. The Bertz CT molecular complexity index is 528. The van der Waals surface area contributed by atoms with Gasteiger partial charge in [0, 0.05) is 13.5 Å². The van der Waals surface area contributed by atoms with Crippen LogP contribution in [-0.4, -0.2) is 17.2 Å². The standard InChI is InChI=1S/C12H14FN3O2/c1-8-15-16-12(18-8)7-17-11-4-3-9(6-14-2)5-10(11)13/h3-5,14H,6-7H2,1-2H3. The van der Waals surface area contributed by atoms with Crippen LogP contribution in [0.25, 0.3) is 0 Å². The van der Waals surface area contributed by atoms with Crippen molar-refractivity contribution in [3.63, 3.8) is 0 Å². The fourth-order valence-electron chi connectivity index (χ4n) is 1.51. The number of halogens is 1. The SMILES string of the molecule is CNCc1ccc(OCc2nnc(C)o2)c(F)c1. The minimum Gasteiger partial charge on any atom is -0.481 e. The summed E-state index contributed by atoms with van der Waals surface area (Å²) in [5.41, 5.74) is 0.857. The molecule has 96 valence electrons. The van der Waals surface area contributed by atoms with Gasteiger partial charge in [-0.2, -0.15) is 0 Å². The van der Waals surface area contributed by atoms with Gasteiger partial charge in [-0.05, 0) is 24.7 Å². The first-order chi connectivity index (χ1) is 8.69. The summed E-state index contributed by atoms with van der Waals surface area (Å²) in [6, 6.07) is 4.82. The van der Waals surface area contributed by atoms with E-state index in [1.807, 2.05) is 0 Å². The fraction of sp³-hybridized carbons (Fsp3) is 0.333. The van der Waals surface area contributed by atoms with E-state index in [2.05, 4.69) is 15.5 Å². The van der Waals surface area contributed by atoms with E-state index in [9.17, 15) is 4.39 Å². The van der Waals surface area contributed by atoms with E-state index in [0.717, 1.165) is 5.56 Å². The van der Waals surface area contributed by atoms with E-state index in [1.165, 1.54) is 6.07 Å². The Morgan fingerprint density at radius 3 is 2.83 bits per heavy atom. The van der Waals surface area contributed by atoms with Crippen LogP contribution in [0.2, 0.25) is 0 Å². The van der Waals surface area contributed by atoms with Crippen LogP contribution in [0.1, 0.15) is 17.3 Å². The molecule has 6 heteroatoms. The summed E-state index contributed by atoms with van der Waals surface area (Å²) in [7, 11) is 1.81. The number of ether oxygens (including phenoxy) is 1. The minimum absolute atomic E-state index is 0.0587. The fourth-order valence-corrected chi connectivity index (χ4v) is 1.51. The third-order valence-electron chi connectivity index (χ3n) is 2.30. The highest BCUT2D eigenvalue weighted by atomic mass is 19.1. The zero-order valence-corrected chi connectivity index (χ0v) is 10.2. The molecule has 0 aliphatic heterocycles. The first-order valence-corrected chi connectivity index (χ1v) is 5.54. The van der Waals surface area contributed by atoms with Crippen molar-refractivity contribution in [1.82, 2.24) is 15.5 Å². The Morgan fingerprint density at radius 2 is 2.22 bits per heavy atom. The molecule has 0 bridgehead atoms. The van der Waals surface area contributed by atoms with Crippen molar-refractivity contribution in [2.24, 2.45) is 0 Å². The summed E-state index contributed by atoms with van der Waals surface area (Å²) in [6.07, 6.45) is 0. The van der Waals surface area contributed by atoms with Crippen LogP contribution in [0, 0.1) is 12.7 Å². The molecule has 5 nitrogen and oxygen atoms in total. The van der Waals surface area contributed by atoms with E-state index in [0.29, 0.717) is 18.3 Å². The summed E-state index contributed by atoms with van der Waals surface area (Å²) in [5, 5.41) is 10.4. The summed E-state index contributed by atoms with van der Waals surface area (Å²) >= 11 is 0. The lowest BCUT2D eigenvalue weighted by Crippen LogP contribution is -2.05. The number of benzene rings is 1. The van der Waals surface area contributed by atoms with Gasteiger partial charge in [0.15, 0.2) is 18.2 Å². The van der Waals surface area contributed by atoms with Crippen molar-refractivity contribution in [2.45, 2.75) is 20.1 Å². The van der Waals surface area contributed by atoms with Crippen LogP contribution in [0.3, 0.4) is 0 Å². The molecule has 0 atom stereocenters. The molecule has 0 spiro atoms. The maximum absolute atomic E-state index is 13.7. The lowest BCUT2D eigenvalue weighted by molar-refractivity contribution is 0.249. The molecule has 0 aliphatic carbocycles. The number of aromatic nitrogens is 2. The second kappa shape index (κ2) is 5.59. The zero-order valence-electron chi connectivity index (χ0n) is 10.2. The van der Waals surface area contributed by atoms with E-state index >= 15 is 0 Å². The van der Waals surface area contributed by atoms with Crippen LogP contribution < -0.4 is 10.1 Å². The normalized spacial score (nSPS) is 10.6. The van der Waals surface area contributed by atoms with E-state index in [1.54, 1.807) is 26.1 Å². The third-order valence-corrected chi connectivity index (χ3v) is 2.30. The lowest BCUT2D eigenvalue weighted by Gasteiger charge is -2.06. The quantitative estimate of drug-likeness (QED) is 0.878. The van der Waals surface area contributed by atoms with E-state index in [-0.39, 0.29) is 12.4 Å². The first kappa shape index (κ1) is 12.5.